The van der Waals surface area contributed by atoms with Crippen molar-refractivity contribution in [3.8, 4) is 0 Å². The van der Waals surface area contributed by atoms with Gasteiger partial charge >= 0.3 is 0 Å². The summed E-state index contributed by atoms with van der Waals surface area (Å²) in [5, 5.41) is 14.0. The van der Waals surface area contributed by atoms with Gasteiger partial charge in [0.05, 0.1) is 6.10 Å². The standard InChI is InChI=1S/C11H21N3OS/c1-3-5-14-11(12-9-13-14)7-10(15)8-16-6-4-2/h9-10,15H,3-8H2,1-2H3. The van der Waals surface area contributed by atoms with E-state index in [1.807, 2.05) is 4.68 Å². The van der Waals surface area contributed by atoms with E-state index in [0.29, 0.717) is 6.42 Å². The van der Waals surface area contributed by atoms with Crippen LogP contribution < -0.4 is 0 Å². The highest BCUT2D eigenvalue weighted by Gasteiger charge is 2.10. The maximum absolute atomic E-state index is 9.84. The molecule has 0 aliphatic heterocycles. The minimum absolute atomic E-state index is 0.309. The van der Waals surface area contributed by atoms with Gasteiger partial charge in [0.1, 0.15) is 12.2 Å². The highest BCUT2D eigenvalue weighted by molar-refractivity contribution is 7.99. The van der Waals surface area contributed by atoms with Crippen molar-refractivity contribution in [2.75, 3.05) is 11.5 Å². The molecule has 4 nitrogen and oxygen atoms in total. The van der Waals surface area contributed by atoms with Crippen molar-refractivity contribution in [2.45, 2.75) is 45.8 Å². The lowest BCUT2D eigenvalue weighted by atomic mass is 10.3. The molecule has 0 spiro atoms. The maximum Gasteiger partial charge on any atom is 0.138 e. The molecular weight excluding hydrogens is 222 g/mol. The lowest BCUT2D eigenvalue weighted by molar-refractivity contribution is 0.195. The van der Waals surface area contributed by atoms with Crippen molar-refractivity contribution in [1.82, 2.24) is 14.8 Å². The summed E-state index contributed by atoms with van der Waals surface area (Å²) in [6, 6.07) is 0. The molecule has 0 bridgehead atoms. The molecule has 0 aliphatic rings. The predicted molar refractivity (Wildman–Crippen MR) is 67.6 cm³/mol. The van der Waals surface area contributed by atoms with Crippen molar-refractivity contribution in [3.05, 3.63) is 12.2 Å². The number of hydrogen-bond donors (Lipinski definition) is 1. The number of aryl methyl sites for hydroxylation is 1. The van der Waals surface area contributed by atoms with Gasteiger partial charge in [0.25, 0.3) is 0 Å². The molecule has 1 heterocycles. The lowest BCUT2D eigenvalue weighted by Crippen LogP contribution is -2.18. The van der Waals surface area contributed by atoms with Crippen molar-refractivity contribution in [1.29, 1.82) is 0 Å². The van der Waals surface area contributed by atoms with Crippen LogP contribution in [0.15, 0.2) is 6.33 Å². The summed E-state index contributed by atoms with van der Waals surface area (Å²) >= 11 is 1.79. The van der Waals surface area contributed by atoms with E-state index in [0.717, 1.165) is 36.7 Å². The minimum Gasteiger partial charge on any atom is -0.392 e. The van der Waals surface area contributed by atoms with Crippen molar-refractivity contribution in [3.63, 3.8) is 0 Å². The number of hydrogen-bond acceptors (Lipinski definition) is 4. The minimum atomic E-state index is -0.309. The molecule has 0 aliphatic carbocycles. The van der Waals surface area contributed by atoms with Gasteiger partial charge in [0, 0.05) is 18.7 Å². The van der Waals surface area contributed by atoms with Crippen LogP contribution in [0.25, 0.3) is 0 Å². The van der Waals surface area contributed by atoms with Crippen LogP contribution in [0.4, 0.5) is 0 Å². The predicted octanol–water partition coefficient (Wildman–Crippen LogP) is 1.73. The van der Waals surface area contributed by atoms with Crippen LogP contribution in [0.3, 0.4) is 0 Å². The molecule has 1 aromatic rings. The van der Waals surface area contributed by atoms with E-state index in [1.54, 1.807) is 18.1 Å². The number of nitrogens with zero attached hydrogens (tertiary/aromatic N) is 3. The molecule has 16 heavy (non-hydrogen) atoms. The zero-order chi connectivity index (χ0) is 11.8. The summed E-state index contributed by atoms with van der Waals surface area (Å²) in [5.74, 6) is 2.79. The van der Waals surface area contributed by atoms with Gasteiger partial charge in [-0.1, -0.05) is 13.8 Å². The van der Waals surface area contributed by atoms with Crippen LogP contribution in [0, 0.1) is 0 Å². The first-order chi connectivity index (χ1) is 7.77. The molecule has 1 atom stereocenters. The Balaban J connectivity index is 2.36. The molecule has 1 aromatic heterocycles. The third kappa shape index (κ3) is 4.53. The maximum atomic E-state index is 9.84. The Morgan fingerprint density at radius 2 is 2.25 bits per heavy atom. The number of rotatable bonds is 8. The first-order valence-corrected chi connectivity index (χ1v) is 7.05. The summed E-state index contributed by atoms with van der Waals surface area (Å²) in [5.41, 5.74) is 0. The first-order valence-electron chi connectivity index (χ1n) is 5.90. The Morgan fingerprint density at radius 1 is 1.44 bits per heavy atom. The molecule has 0 saturated heterocycles. The number of aliphatic hydroxyl groups is 1. The average Bonchev–Trinajstić information content (AvgIpc) is 2.67. The molecule has 0 amide bonds. The smallest absolute Gasteiger partial charge is 0.138 e. The topological polar surface area (TPSA) is 50.9 Å². The van der Waals surface area contributed by atoms with E-state index in [9.17, 15) is 5.11 Å². The molecule has 0 fully saturated rings. The number of aliphatic hydroxyl groups excluding tert-OH is 1. The fourth-order valence-corrected chi connectivity index (χ4v) is 2.32. The highest BCUT2D eigenvalue weighted by atomic mass is 32.2. The van der Waals surface area contributed by atoms with Gasteiger partial charge in [-0.05, 0) is 18.6 Å². The van der Waals surface area contributed by atoms with Gasteiger partial charge in [-0.2, -0.15) is 16.9 Å². The summed E-state index contributed by atoms with van der Waals surface area (Å²) in [6.45, 7) is 5.14. The summed E-state index contributed by atoms with van der Waals surface area (Å²) in [7, 11) is 0. The summed E-state index contributed by atoms with van der Waals surface area (Å²) < 4.78 is 1.88. The van der Waals surface area contributed by atoms with Gasteiger partial charge < -0.3 is 5.11 Å². The molecule has 1 unspecified atom stereocenters. The van der Waals surface area contributed by atoms with E-state index in [-0.39, 0.29) is 6.10 Å². The lowest BCUT2D eigenvalue weighted by Gasteiger charge is -2.10. The van der Waals surface area contributed by atoms with Crippen molar-refractivity contribution >= 4 is 11.8 Å². The second-order valence-corrected chi connectivity index (χ2v) is 4.98. The Kier molecular flexibility index (Phi) is 6.49. The monoisotopic (exact) mass is 243 g/mol. The van der Waals surface area contributed by atoms with Crippen LogP contribution in [0.1, 0.15) is 32.5 Å². The van der Waals surface area contributed by atoms with E-state index >= 15 is 0 Å². The SMILES string of the molecule is CCCSCC(O)Cc1ncnn1CCC. The van der Waals surface area contributed by atoms with Gasteiger partial charge in [-0.15, -0.1) is 0 Å². The third-order valence-electron chi connectivity index (χ3n) is 2.21. The molecule has 5 heteroatoms. The Bertz CT molecular complexity index is 291. The quantitative estimate of drug-likeness (QED) is 0.707. The number of thioether (sulfide) groups is 1. The third-order valence-corrected chi connectivity index (χ3v) is 3.53. The van der Waals surface area contributed by atoms with E-state index in [2.05, 4.69) is 23.9 Å². The van der Waals surface area contributed by atoms with E-state index < -0.39 is 0 Å². The van der Waals surface area contributed by atoms with E-state index in [4.69, 9.17) is 0 Å². The molecule has 92 valence electrons. The second kappa shape index (κ2) is 7.68. The van der Waals surface area contributed by atoms with Crippen LogP contribution in [-0.4, -0.2) is 37.5 Å². The highest BCUT2D eigenvalue weighted by Crippen LogP contribution is 2.08. The molecule has 0 aromatic carbocycles. The van der Waals surface area contributed by atoms with Gasteiger partial charge in [-0.25, -0.2) is 4.98 Å². The number of aromatic nitrogens is 3. The van der Waals surface area contributed by atoms with Gasteiger partial charge in [-0.3, -0.25) is 4.68 Å². The fourth-order valence-electron chi connectivity index (χ4n) is 1.48. The van der Waals surface area contributed by atoms with E-state index in [1.165, 1.54) is 0 Å². The molecule has 0 saturated carbocycles. The van der Waals surface area contributed by atoms with Crippen molar-refractivity contribution < 1.29 is 5.11 Å². The average molecular weight is 243 g/mol. The van der Waals surface area contributed by atoms with Crippen LogP contribution in [0.5, 0.6) is 0 Å². The molecule has 0 radical (unpaired) electrons. The molecular formula is C11H21N3OS. The zero-order valence-corrected chi connectivity index (χ0v) is 10.9. The summed E-state index contributed by atoms with van der Waals surface area (Å²) in [4.78, 5) is 4.19. The molecule has 1 N–H and O–H groups in total. The normalized spacial score (nSPS) is 12.9. The second-order valence-electron chi connectivity index (χ2n) is 3.83. The largest absolute Gasteiger partial charge is 0.392 e. The fraction of sp³-hybridized carbons (Fsp3) is 0.818. The van der Waals surface area contributed by atoms with Crippen LogP contribution in [-0.2, 0) is 13.0 Å². The van der Waals surface area contributed by atoms with Crippen molar-refractivity contribution in [2.24, 2.45) is 0 Å². The summed E-state index contributed by atoms with van der Waals surface area (Å²) in [6.07, 6.45) is 4.06. The van der Waals surface area contributed by atoms with Gasteiger partial charge in [0.15, 0.2) is 0 Å². The first kappa shape index (κ1) is 13.5. The molecule has 1 rings (SSSR count). The van der Waals surface area contributed by atoms with Gasteiger partial charge in [0.2, 0.25) is 0 Å². The Morgan fingerprint density at radius 3 is 2.94 bits per heavy atom. The Hall–Kier alpha value is -0.550. The van der Waals surface area contributed by atoms with Crippen LogP contribution in [0.2, 0.25) is 0 Å². The Labute approximate surface area is 101 Å². The van der Waals surface area contributed by atoms with Crippen LogP contribution >= 0.6 is 11.8 Å². The zero-order valence-electron chi connectivity index (χ0n) is 10.1.